The zero-order valence-electron chi connectivity index (χ0n) is 21.3. The number of hydrogen-bond donors (Lipinski definition) is 0. The van der Waals surface area contributed by atoms with Gasteiger partial charge in [-0.25, -0.2) is 14.6 Å². The molecule has 1 aliphatic heterocycles. The number of halogens is 1. The fourth-order valence-corrected chi connectivity index (χ4v) is 4.90. The molecule has 192 valence electrons. The molecule has 0 aliphatic carbocycles. The zero-order chi connectivity index (χ0) is 25.9. The van der Waals surface area contributed by atoms with Crippen molar-refractivity contribution in [3.8, 4) is 17.0 Å². The van der Waals surface area contributed by atoms with Gasteiger partial charge in [-0.05, 0) is 74.7 Å². The van der Waals surface area contributed by atoms with E-state index in [1.54, 1.807) is 11.8 Å². The van der Waals surface area contributed by atoms with Crippen LogP contribution in [0.25, 0.3) is 22.2 Å². The summed E-state index contributed by atoms with van der Waals surface area (Å²) >= 11 is 6.27. The number of amides is 1. The molecule has 0 bridgehead atoms. The number of fused-ring (bicyclic) bond motifs is 1. The molecule has 2 aromatic carbocycles. The fourth-order valence-electron chi connectivity index (χ4n) is 4.74. The van der Waals surface area contributed by atoms with Crippen LogP contribution in [0.3, 0.4) is 0 Å². The number of carbonyl (C=O) groups excluding carboxylic acids is 1. The molecule has 0 unspecified atom stereocenters. The lowest BCUT2D eigenvalue weighted by molar-refractivity contribution is -0.134. The highest BCUT2D eigenvalue weighted by atomic mass is 35.5. The third-order valence-corrected chi connectivity index (χ3v) is 6.87. The van der Waals surface area contributed by atoms with E-state index >= 15 is 0 Å². The van der Waals surface area contributed by atoms with E-state index in [-0.39, 0.29) is 18.6 Å². The van der Waals surface area contributed by atoms with E-state index in [9.17, 15) is 4.79 Å². The van der Waals surface area contributed by atoms with Crippen LogP contribution in [-0.2, 0) is 22.6 Å². The topological polar surface area (TPSA) is 82.4 Å². The number of methoxy groups -OCH3 is 1. The lowest BCUT2D eigenvalue weighted by Gasteiger charge is -2.27. The van der Waals surface area contributed by atoms with Gasteiger partial charge in [0.05, 0.1) is 24.4 Å². The molecule has 3 heterocycles. The summed E-state index contributed by atoms with van der Waals surface area (Å²) < 4.78 is 12.9. The molecule has 0 spiro atoms. The second-order valence-corrected chi connectivity index (χ2v) is 9.77. The summed E-state index contributed by atoms with van der Waals surface area (Å²) in [6, 6.07) is 15.6. The standard InChI is InChI=1S/C28H30ClN5O3/c1-18-30-19(2)34(32-18)17-27(35)33(16-25-5-4-12-37-25)15-22-13-21-6-9-23(29)14-26(21)31-28(22)20-7-10-24(36-3)11-8-20/h6-11,13-14,25H,4-5,12,15-17H2,1-3H3/t25-/m0/s1. The SMILES string of the molecule is COc1ccc(-c2nc3cc(Cl)ccc3cc2CN(C[C@@H]2CCCO2)C(=O)Cn2nc(C)nc2C)cc1. The first-order valence-corrected chi connectivity index (χ1v) is 12.8. The Morgan fingerprint density at radius 3 is 2.65 bits per heavy atom. The smallest absolute Gasteiger partial charge is 0.244 e. The van der Waals surface area contributed by atoms with Crippen molar-refractivity contribution >= 4 is 28.4 Å². The number of aryl methyl sites for hydroxylation is 2. The Bertz CT molecular complexity index is 1410. The van der Waals surface area contributed by atoms with Crippen molar-refractivity contribution in [2.75, 3.05) is 20.3 Å². The number of aromatic nitrogens is 4. The van der Waals surface area contributed by atoms with Gasteiger partial charge in [-0.1, -0.05) is 17.7 Å². The third-order valence-electron chi connectivity index (χ3n) is 6.63. The van der Waals surface area contributed by atoms with Crippen molar-refractivity contribution in [1.82, 2.24) is 24.6 Å². The van der Waals surface area contributed by atoms with Gasteiger partial charge < -0.3 is 14.4 Å². The summed E-state index contributed by atoms with van der Waals surface area (Å²) in [4.78, 5) is 24.8. The van der Waals surface area contributed by atoms with E-state index in [4.69, 9.17) is 26.1 Å². The van der Waals surface area contributed by atoms with E-state index in [1.165, 1.54) is 0 Å². The maximum Gasteiger partial charge on any atom is 0.244 e. The van der Waals surface area contributed by atoms with Gasteiger partial charge in [-0.2, -0.15) is 5.10 Å². The fraction of sp³-hybridized carbons (Fsp3) is 0.357. The predicted octanol–water partition coefficient (Wildman–Crippen LogP) is 4.98. The van der Waals surface area contributed by atoms with Gasteiger partial charge in [-0.3, -0.25) is 4.79 Å². The van der Waals surface area contributed by atoms with Gasteiger partial charge in [0.1, 0.15) is 23.9 Å². The summed E-state index contributed by atoms with van der Waals surface area (Å²) in [5.74, 6) is 2.09. The van der Waals surface area contributed by atoms with Crippen molar-refractivity contribution in [2.24, 2.45) is 0 Å². The zero-order valence-corrected chi connectivity index (χ0v) is 22.0. The minimum Gasteiger partial charge on any atom is -0.497 e. The van der Waals surface area contributed by atoms with Crippen LogP contribution in [0, 0.1) is 13.8 Å². The van der Waals surface area contributed by atoms with Crippen LogP contribution in [0.2, 0.25) is 5.02 Å². The van der Waals surface area contributed by atoms with Gasteiger partial charge in [0.2, 0.25) is 5.91 Å². The molecule has 1 amide bonds. The number of hydrogen-bond acceptors (Lipinski definition) is 6. The largest absolute Gasteiger partial charge is 0.497 e. The van der Waals surface area contributed by atoms with Crippen LogP contribution in [0.5, 0.6) is 5.75 Å². The molecule has 37 heavy (non-hydrogen) atoms. The first-order valence-electron chi connectivity index (χ1n) is 12.4. The van der Waals surface area contributed by atoms with Crippen LogP contribution in [-0.4, -0.2) is 56.9 Å². The summed E-state index contributed by atoms with van der Waals surface area (Å²) in [6.45, 7) is 5.42. The first kappa shape index (κ1) is 25.2. The molecule has 5 rings (SSSR count). The first-order chi connectivity index (χ1) is 17.9. The molecule has 1 fully saturated rings. The number of carbonyl (C=O) groups is 1. The Morgan fingerprint density at radius 2 is 1.97 bits per heavy atom. The monoisotopic (exact) mass is 519 g/mol. The molecule has 2 aromatic heterocycles. The molecule has 1 saturated heterocycles. The maximum absolute atomic E-state index is 13.6. The normalized spacial score (nSPS) is 15.3. The van der Waals surface area contributed by atoms with Crippen LogP contribution in [0.15, 0.2) is 48.5 Å². The summed E-state index contributed by atoms with van der Waals surface area (Å²) in [5, 5.41) is 5.98. The lowest BCUT2D eigenvalue weighted by atomic mass is 10.0. The Hall–Kier alpha value is -3.49. The van der Waals surface area contributed by atoms with E-state index in [0.717, 1.165) is 52.9 Å². The van der Waals surface area contributed by atoms with Crippen molar-refractivity contribution in [3.05, 3.63) is 70.8 Å². The molecule has 8 nitrogen and oxygen atoms in total. The van der Waals surface area contributed by atoms with Crippen molar-refractivity contribution in [2.45, 2.75) is 45.9 Å². The van der Waals surface area contributed by atoms with Crippen LogP contribution < -0.4 is 4.74 Å². The van der Waals surface area contributed by atoms with E-state index < -0.39 is 0 Å². The molecule has 0 saturated carbocycles. The minimum absolute atomic E-state index is 0.0131. The lowest BCUT2D eigenvalue weighted by Crippen LogP contribution is -2.39. The van der Waals surface area contributed by atoms with E-state index in [0.29, 0.717) is 29.8 Å². The van der Waals surface area contributed by atoms with Crippen molar-refractivity contribution < 1.29 is 14.3 Å². The highest BCUT2D eigenvalue weighted by Crippen LogP contribution is 2.30. The molecular weight excluding hydrogens is 490 g/mol. The molecular formula is C28H30ClN5O3. The molecule has 0 N–H and O–H groups in total. The number of pyridine rings is 1. The molecule has 1 aliphatic rings. The molecule has 1 atom stereocenters. The summed E-state index contributed by atoms with van der Waals surface area (Å²) in [7, 11) is 1.64. The quantitative estimate of drug-likeness (QED) is 0.326. The molecule has 0 radical (unpaired) electrons. The average molecular weight is 520 g/mol. The highest BCUT2D eigenvalue weighted by Gasteiger charge is 2.25. The maximum atomic E-state index is 13.6. The number of benzene rings is 2. The van der Waals surface area contributed by atoms with Gasteiger partial charge in [-0.15, -0.1) is 0 Å². The number of ether oxygens (including phenoxy) is 2. The summed E-state index contributed by atoms with van der Waals surface area (Å²) in [6.07, 6.45) is 1.95. The Morgan fingerprint density at radius 1 is 1.16 bits per heavy atom. The highest BCUT2D eigenvalue weighted by molar-refractivity contribution is 6.31. The second-order valence-electron chi connectivity index (χ2n) is 9.33. The van der Waals surface area contributed by atoms with Crippen LogP contribution in [0.1, 0.15) is 30.1 Å². The van der Waals surface area contributed by atoms with Crippen molar-refractivity contribution in [1.29, 1.82) is 0 Å². The van der Waals surface area contributed by atoms with Gasteiger partial charge in [0.25, 0.3) is 0 Å². The Kier molecular flexibility index (Phi) is 7.39. The molecule has 9 heteroatoms. The van der Waals surface area contributed by atoms with Crippen LogP contribution in [0.4, 0.5) is 0 Å². The second kappa shape index (κ2) is 10.9. The van der Waals surface area contributed by atoms with Gasteiger partial charge in [0.15, 0.2) is 0 Å². The molecule has 4 aromatic rings. The van der Waals surface area contributed by atoms with E-state index in [1.807, 2.05) is 61.2 Å². The summed E-state index contributed by atoms with van der Waals surface area (Å²) in [5.41, 5.74) is 3.48. The Labute approximate surface area is 221 Å². The minimum atomic E-state index is -0.0413. The van der Waals surface area contributed by atoms with Gasteiger partial charge in [0, 0.05) is 35.7 Å². The number of nitrogens with zero attached hydrogens (tertiary/aromatic N) is 5. The van der Waals surface area contributed by atoms with E-state index in [2.05, 4.69) is 16.1 Å². The van der Waals surface area contributed by atoms with Crippen LogP contribution >= 0.6 is 11.6 Å². The Balaban J connectivity index is 1.53. The average Bonchev–Trinajstić information content (AvgIpc) is 3.52. The van der Waals surface area contributed by atoms with Crippen molar-refractivity contribution in [3.63, 3.8) is 0 Å². The third kappa shape index (κ3) is 5.76. The predicted molar refractivity (Wildman–Crippen MR) is 143 cm³/mol. The van der Waals surface area contributed by atoms with Gasteiger partial charge >= 0.3 is 0 Å². The number of rotatable bonds is 8.